The molecule has 1 aliphatic rings. The Bertz CT molecular complexity index is 1570. The van der Waals surface area contributed by atoms with E-state index < -0.39 is 47.9 Å². The van der Waals surface area contributed by atoms with Crippen LogP contribution in [-0.4, -0.2) is 81.5 Å². The largest absolute Gasteiger partial charge is 0.507 e. The molecule has 1 aliphatic heterocycles. The third kappa shape index (κ3) is 13.3. The minimum absolute atomic E-state index is 0.133. The average molecular weight is 752 g/mol. The average Bonchev–Trinajstić information content (AvgIpc) is 3.13. The van der Waals surface area contributed by atoms with E-state index in [2.05, 4.69) is 22.9 Å². The Hall–Kier alpha value is -4.65. The molecule has 2 aromatic rings. The molecule has 0 unspecified atom stereocenters. The maximum absolute atomic E-state index is 14.2. The lowest BCUT2D eigenvalue weighted by Gasteiger charge is -2.32. The number of nitrogens with one attached hydrogen (secondary N) is 3. The first-order valence-electron chi connectivity index (χ1n) is 19.6. The smallest absolute Gasteiger partial charge is 0.326 e. The fraction of sp³-hybridized carbons (Fsp3) is 0.585. The fourth-order valence-corrected chi connectivity index (χ4v) is 6.85. The molecule has 0 aliphatic carbocycles. The summed E-state index contributed by atoms with van der Waals surface area (Å²) in [6.07, 6.45) is 14.2. The Morgan fingerprint density at radius 3 is 2.04 bits per heavy atom. The fourth-order valence-electron chi connectivity index (χ4n) is 6.85. The van der Waals surface area contributed by atoms with Crippen molar-refractivity contribution >= 4 is 29.6 Å². The van der Waals surface area contributed by atoms with E-state index >= 15 is 0 Å². The molecule has 0 fully saturated rings. The number of phenols is 2. The van der Waals surface area contributed by atoms with Gasteiger partial charge in [0, 0.05) is 31.0 Å². The lowest BCUT2D eigenvalue weighted by Crippen LogP contribution is -2.54. The minimum atomic E-state index is -1.36. The summed E-state index contributed by atoms with van der Waals surface area (Å²) in [7, 11) is 1.43. The first-order valence-corrected chi connectivity index (χ1v) is 19.6. The van der Waals surface area contributed by atoms with E-state index in [1.54, 1.807) is 0 Å². The summed E-state index contributed by atoms with van der Waals surface area (Å²) >= 11 is 0. The molecule has 0 spiro atoms. The third-order valence-corrected chi connectivity index (χ3v) is 10.1. The summed E-state index contributed by atoms with van der Waals surface area (Å²) in [6.45, 7) is 4.02. The number of unbranched alkanes of at least 4 members (excludes halogenated alkanes) is 11. The van der Waals surface area contributed by atoms with Crippen LogP contribution in [0.4, 0.5) is 0 Å². The van der Waals surface area contributed by atoms with E-state index in [1.807, 2.05) is 0 Å². The van der Waals surface area contributed by atoms with Gasteiger partial charge in [0.05, 0.1) is 0 Å². The second-order valence-electron chi connectivity index (χ2n) is 14.5. The molecule has 4 atom stereocenters. The van der Waals surface area contributed by atoms with Crippen LogP contribution in [0.3, 0.4) is 0 Å². The Morgan fingerprint density at radius 2 is 1.43 bits per heavy atom. The molecule has 2 aromatic carbocycles. The van der Waals surface area contributed by atoms with Crippen molar-refractivity contribution in [1.29, 1.82) is 0 Å². The molecule has 4 amide bonds. The quantitative estimate of drug-likeness (QED) is 0.0884. The number of hydrogen-bond donors (Lipinski definition) is 7. The Balaban J connectivity index is 1.84. The Morgan fingerprint density at radius 1 is 0.833 bits per heavy atom. The van der Waals surface area contributed by atoms with Crippen molar-refractivity contribution in [3.05, 3.63) is 47.5 Å². The molecule has 0 saturated carbocycles. The van der Waals surface area contributed by atoms with Crippen LogP contribution in [0.25, 0.3) is 11.1 Å². The monoisotopic (exact) mass is 751 g/mol. The van der Waals surface area contributed by atoms with Gasteiger partial charge in [-0.15, -0.1) is 0 Å². The summed E-state index contributed by atoms with van der Waals surface area (Å²) < 4.78 is 0. The van der Waals surface area contributed by atoms with E-state index in [0.29, 0.717) is 31.4 Å². The van der Waals surface area contributed by atoms with E-state index in [9.17, 15) is 39.3 Å². The highest BCUT2D eigenvalue weighted by Gasteiger charge is 2.35. The zero-order valence-corrected chi connectivity index (χ0v) is 32.2. The number of carbonyl (C=O) groups excluding carboxylic acids is 4. The van der Waals surface area contributed by atoms with Gasteiger partial charge < -0.3 is 41.9 Å². The third-order valence-electron chi connectivity index (χ3n) is 10.1. The van der Waals surface area contributed by atoms with Gasteiger partial charge in [-0.3, -0.25) is 19.2 Å². The van der Waals surface area contributed by atoms with Crippen LogP contribution in [-0.2, 0) is 30.4 Å². The Kier molecular flexibility index (Phi) is 18.3. The molecule has 0 radical (unpaired) electrons. The number of likely N-dealkylation sites (N-methyl/N-ethyl adjacent to an activating group) is 1. The van der Waals surface area contributed by atoms with Crippen molar-refractivity contribution in [2.75, 3.05) is 13.6 Å². The molecule has 4 bridgehead atoms. The van der Waals surface area contributed by atoms with Gasteiger partial charge in [0.2, 0.25) is 23.6 Å². The van der Waals surface area contributed by atoms with Gasteiger partial charge in [-0.2, -0.15) is 0 Å². The second kappa shape index (κ2) is 22.5. The van der Waals surface area contributed by atoms with Crippen LogP contribution in [0.15, 0.2) is 36.4 Å². The number of aliphatic carboxylic acids is 1. The summed E-state index contributed by atoms with van der Waals surface area (Å²) in [5.74, 6) is -4.04. The molecule has 0 aromatic heterocycles. The molecular weight excluding hydrogens is 690 g/mol. The van der Waals surface area contributed by atoms with Gasteiger partial charge >= 0.3 is 5.97 Å². The normalized spacial score (nSPS) is 17.8. The van der Waals surface area contributed by atoms with Crippen molar-refractivity contribution in [3.8, 4) is 22.6 Å². The van der Waals surface area contributed by atoms with Crippen molar-refractivity contribution in [2.24, 2.45) is 5.73 Å². The molecule has 1 heterocycles. The number of nitrogens with zero attached hydrogens (tertiary/aromatic N) is 1. The lowest BCUT2D eigenvalue weighted by molar-refractivity contribution is -0.144. The topological polar surface area (TPSA) is 211 Å². The summed E-state index contributed by atoms with van der Waals surface area (Å²) in [4.78, 5) is 67.9. The summed E-state index contributed by atoms with van der Waals surface area (Å²) in [5, 5.41) is 39.6. The van der Waals surface area contributed by atoms with Gasteiger partial charge in [0.1, 0.15) is 35.7 Å². The van der Waals surface area contributed by atoms with Gasteiger partial charge in [-0.1, -0.05) is 83.3 Å². The van der Waals surface area contributed by atoms with Crippen LogP contribution in [0, 0.1) is 0 Å². The Labute approximate surface area is 319 Å². The standard InChI is InChI=1S/C41H61N5O8/c1-4-5-6-7-8-9-10-11-12-13-14-18-36(49)44-32(17-15-16-23-42)40(52)46(3)37-29-20-22-35(48)31(26-29)30-24-28(19-21-34(30)47)25-33(41(53)54)45-38(50)27(2)43-39(37)51/h19-22,24,26-27,32-33,37,47-48H,4-18,23,25,42H2,1-3H3,(H,43,51)(H,44,49)(H,45,50)(H,53,54)/t27-,32-,33-,37-/m0/s1. The molecule has 13 heteroatoms. The highest BCUT2D eigenvalue weighted by atomic mass is 16.4. The highest BCUT2D eigenvalue weighted by Crippen LogP contribution is 2.39. The number of hydrogen-bond acceptors (Lipinski definition) is 8. The molecule has 3 rings (SSSR count). The van der Waals surface area contributed by atoms with Crippen LogP contribution in [0.2, 0.25) is 0 Å². The first-order chi connectivity index (χ1) is 25.9. The van der Waals surface area contributed by atoms with Crippen molar-refractivity contribution < 1.29 is 39.3 Å². The SMILES string of the molecule is CCCCCCCCCCCCCC(=O)N[C@@H](CCCCN)C(=O)N(C)[C@@H]1C(=O)N[C@@H](C)C(=O)N[C@H](C(=O)O)Cc2ccc(O)c(c2)-c2cc1ccc2O. The zero-order valence-electron chi connectivity index (χ0n) is 32.2. The van der Waals surface area contributed by atoms with Crippen molar-refractivity contribution in [2.45, 2.75) is 141 Å². The van der Waals surface area contributed by atoms with Crippen LogP contribution in [0.5, 0.6) is 11.5 Å². The van der Waals surface area contributed by atoms with Crippen molar-refractivity contribution in [3.63, 3.8) is 0 Å². The summed E-state index contributed by atoms with van der Waals surface area (Å²) in [5.41, 5.74) is 6.77. The molecule has 298 valence electrons. The van der Waals surface area contributed by atoms with Crippen LogP contribution < -0.4 is 21.7 Å². The van der Waals surface area contributed by atoms with E-state index in [1.165, 1.54) is 100 Å². The number of amides is 4. The van der Waals surface area contributed by atoms with Crippen LogP contribution in [0.1, 0.15) is 127 Å². The molecular formula is C41H61N5O8. The van der Waals surface area contributed by atoms with Crippen LogP contribution >= 0.6 is 0 Å². The molecule has 8 N–H and O–H groups in total. The minimum Gasteiger partial charge on any atom is -0.507 e. The zero-order chi connectivity index (χ0) is 39.6. The van der Waals surface area contributed by atoms with Gasteiger partial charge in [-0.05, 0) is 74.5 Å². The number of benzene rings is 2. The number of fused-ring (bicyclic) bond motifs is 5. The second-order valence-corrected chi connectivity index (χ2v) is 14.5. The van der Waals surface area contributed by atoms with Gasteiger partial charge in [-0.25, -0.2) is 4.79 Å². The van der Waals surface area contributed by atoms with E-state index in [0.717, 1.165) is 19.3 Å². The maximum Gasteiger partial charge on any atom is 0.326 e. The predicted octanol–water partition coefficient (Wildman–Crippen LogP) is 5.21. The molecule has 0 saturated heterocycles. The van der Waals surface area contributed by atoms with Gasteiger partial charge in [0.25, 0.3) is 0 Å². The van der Waals surface area contributed by atoms with E-state index in [4.69, 9.17) is 5.73 Å². The van der Waals surface area contributed by atoms with Gasteiger partial charge in [0.15, 0.2) is 0 Å². The number of phenolic OH excluding ortho intramolecular Hbond substituents is 2. The number of aromatic hydroxyl groups is 2. The molecule has 13 nitrogen and oxygen atoms in total. The number of nitrogens with two attached hydrogens (primary N) is 1. The number of rotatable bonds is 20. The summed E-state index contributed by atoms with van der Waals surface area (Å²) in [6, 6.07) is 3.81. The number of carboxylic acids is 1. The molecule has 54 heavy (non-hydrogen) atoms. The first kappa shape index (κ1) is 43.8. The lowest BCUT2D eigenvalue weighted by atomic mass is 9.93. The highest BCUT2D eigenvalue weighted by molar-refractivity contribution is 5.96. The van der Waals surface area contributed by atoms with E-state index in [-0.39, 0.29) is 53.4 Å². The predicted molar refractivity (Wildman–Crippen MR) is 208 cm³/mol. The number of carboxylic acid groups (broad SMARTS) is 1. The maximum atomic E-state index is 14.2. The van der Waals surface area contributed by atoms with Crippen molar-refractivity contribution in [1.82, 2.24) is 20.9 Å². The number of carbonyl (C=O) groups is 5.